The molecule has 0 radical (unpaired) electrons. The summed E-state index contributed by atoms with van der Waals surface area (Å²) in [7, 11) is 0. The summed E-state index contributed by atoms with van der Waals surface area (Å²) < 4.78 is 10.7. The molecule has 0 saturated heterocycles. The largest absolute Gasteiger partial charge is 0.311 e. The Morgan fingerprint density at radius 2 is 1.27 bits per heavy atom. The second kappa shape index (κ2) is 12.5. The van der Waals surface area contributed by atoms with Gasteiger partial charge >= 0.3 is 0 Å². The Kier molecular flexibility index (Phi) is 8.37. The van der Waals surface area contributed by atoms with Crippen molar-refractivity contribution >= 4 is 67.1 Å². The highest BCUT2D eigenvalue weighted by molar-refractivity contribution is 9.11. The van der Waals surface area contributed by atoms with Gasteiger partial charge in [0.1, 0.15) is 11.0 Å². The van der Waals surface area contributed by atoms with Crippen molar-refractivity contribution in [2.24, 2.45) is 0 Å². The first-order valence-corrected chi connectivity index (χ1v) is 16.1. The highest BCUT2D eigenvalue weighted by Crippen LogP contribution is 2.42. The van der Waals surface area contributed by atoms with Gasteiger partial charge in [-0.15, -0.1) is 11.3 Å². The number of fused-ring (bicyclic) bond motifs is 1. The van der Waals surface area contributed by atoms with Crippen molar-refractivity contribution in [1.29, 1.82) is 0 Å². The molecule has 0 aliphatic rings. The summed E-state index contributed by atoms with van der Waals surface area (Å²) in [6.07, 6.45) is 6.20. The first kappa shape index (κ1) is 26.9. The normalized spacial score (nSPS) is 11.2. The standard InChI is InChI=1S/C34H30BrN3S2/c1-2-3-4-7-12-25-23-31(39-34(25)35)30-22-21-29(32-33(30)37-40-36-32)24-17-19-28(20-18-24)38(26-13-8-5-9-14-26)27-15-10-6-11-16-27/h5-6,8-11,13-23H,2-4,7,12H2,1H3. The average Bonchev–Trinajstić information content (AvgIpc) is 3.64. The van der Waals surface area contributed by atoms with Crippen LogP contribution in [0.25, 0.3) is 32.6 Å². The molecule has 4 aromatic carbocycles. The number of halogens is 1. The molecule has 6 rings (SSSR count). The Morgan fingerprint density at radius 3 is 1.93 bits per heavy atom. The van der Waals surface area contributed by atoms with Crippen LogP contribution < -0.4 is 4.90 Å². The van der Waals surface area contributed by atoms with Gasteiger partial charge in [-0.3, -0.25) is 0 Å². The van der Waals surface area contributed by atoms with Gasteiger partial charge in [-0.05, 0) is 82.4 Å². The molecular weight excluding hydrogens is 594 g/mol. The predicted molar refractivity (Wildman–Crippen MR) is 176 cm³/mol. The lowest BCUT2D eigenvalue weighted by atomic mass is 10.00. The van der Waals surface area contributed by atoms with E-state index in [0.717, 1.165) is 51.2 Å². The molecule has 0 aliphatic heterocycles. The zero-order chi connectivity index (χ0) is 27.3. The van der Waals surface area contributed by atoms with Crippen LogP contribution in [0.3, 0.4) is 0 Å². The molecule has 0 unspecified atom stereocenters. The van der Waals surface area contributed by atoms with Crippen LogP contribution in [-0.2, 0) is 6.42 Å². The van der Waals surface area contributed by atoms with Crippen LogP contribution >= 0.6 is 39.0 Å². The van der Waals surface area contributed by atoms with Crippen LogP contribution in [0.4, 0.5) is 17.1 Å². The van der Waals surface area contributed by atoms with Gasteiger partial charge in [0.15, 0.2) is 0 Å². The zero-order valence-corrected chi connectivity index (χ0v) is 25.6. The molecule has 200 valence electrons. The Bertz CT molecular complexity index is 1650. The number of nitrogens with zero attached hydrogens (tertiary/aromatic N) is 3. The van der Waals surface area contributed by atoms with E-state index in [1.54, 1.807) is 11.3 Å². The first-order chi connectivity index (χ1) is 19.7. The molecule has 3 nitrogen and oxygen atoms in total. The van der Waals surface area contributed by atoms with Gasteiger partial charge in [-0.1, -0.05) is 86.8 Å². The van der Waals surface area contributed by atoms with Gasteiger partial charge in [-0.2, -0.15) is 8.75 Å². The number of hydrogen-bond donors (Lipinski definition) is 0. The fourth-order valence-corrected chi connectivity index (χ4v) is 7.51. The molecule has 0 fully saturated rings. The third-order valence-corrected chi connectivity index (χ3v) is 9.73. The molecule has 0 bridgehead atoms. The smallest absolute Gasteiger partial charge is 0.114 e. The summed E-state index contributed by atoms with van der Waals surface area (Å²) in [5.74, 6) is 0. The van der Waals surface area contributed by atoms with E-state index in [4.69, 9.17) is 8.75 Å². The van der Waals surface area contributed by atoms with E-state index < -0.39 is 0 Å². The molecule has 0 spiro atoms. The van der Waals surface area contributed by atoms with Gasteiger partial charge < -0.3 is 4.90 Å². The second-order valence-corrected chi connectivity index (χ2v) is 12.8. The van der Waals surface area contributed by atoms with Crippen LogP contribution in [0, 0.1) is 0 Å². The summed E-state index contributed by atoms with van der Waals surface area (Å²) in [5.41, 5.74) is 10.1. The minimum atomic E-state index is 0.965. The number of unbranched alkanes of at least 4 members (excludes halogenated alkanes) is 3. The summed E-state index contributed by atoms with van der Waals surface area (Å²) in [4.78, 5) is 3.53. The number of aryl methyl sites for hydroxylation is 1. The van der Waals surface area contributed by atoms with Crippen molar-refractivity contribution in [2.75, 3.05) is 4.90 Å². The number of hydrogen-bond acceptors (Lipinski definition) is 5. The number of rotatable bonds is 10. The summed E-state index contributed by atoms with van der Waals surface area (Å²) in [5, 5.41) is 0. The highest BCUT2D eigenvalue weighted by Gasteiger charge is 2.17. The molecule has 0 aliphatic carbocycles. The molecule has 0 saturated carbocycles. The van der Waals surface area contributed by atoms with Crippen molar-refractivity contribution in [3.63, 3.8) is 0 Å². The van der Waals surface area contributed by atoms with E-state index in [1.165, 1.54) is 51.6 Å². The Morgan fingerprint density at radius 1 is 0.675 bits per heavy atom. The number of thiophene rings is 1. The maximum Gasteiger partial charge on any atom is 0.114 e. The molecule has 6 aromatic rings. The Hall–Kier alpha value is -3.32. The lowest BCUT2D eigenvalue weighted by Crippen LogP contribution is -2.09. The van der Waals surface area contributed by atoms with E-state index >= 15 is 0 Å². The number of aromatic nitrogens is 2. The molecule has 0 N–H and O–H groups in total. The monoisotopic (exact) mass is 623 g/mol. The molecule has 6 heteroatoms. The van der Waals surface area contributed by atoms with Gasteiger partial charge in [0.2, 0.25) is 0 Å². The van der Waals surface area contributed by atoms with Crippen LogP contribution in [0.1, 0.15) is 38.2 Å². The van der Waals surface area contributed by atoms with Crippen LogP contribution in [-0.4, -0.2) is 8.75 Å². The third-order valence-electron chi connectivity index (χ3n) is 7.20. The topological polar surface area (TPSA) is 29.0 Å². The molecule has 0 atom stereocenters. The van der Waals surface area contributed by atoms with Crippen molar-refractivity contribution in [1.82, 2.24) is 8.75 Å². The van der Waals surface area contributed by atoms with E-state index in [9.17, 15) is 0 Å². The lowest BCUT2D eigenvalue weighted by molar-refractivity contribution is 0.667. The molecule has 2 heterocycles. The van der Waals surface area contributed by atoms with Gasteiger partial charge in [0.25, 0.3) is 0 Å². The second-order valence-electron chi connectivity index (χ2n) is 9.90. The molecular formula is C34H30BrN3S2. The average molecular weight is 625 g/mol. The maximum absolute atomic E-state index is 4.75. The number of para-hydroxylation sites is 2. The fraction of sp³-hybridized carbons (Fsp3) is 0.176. The lowest BCUT2D eigenvalue weighted by Gasteiger charge is -2.25. The van der Waals surface area contributed by atoms with E-state index in [2.05, 4.69) is 131 Å². The van der Waals surface area contributed by atoms with Crippen molar-refractivity contribution < 1.29 is 0 Å². The minimum Gasteiger partial charge on any atom is -0.311 e. The summed E-state index contributed by atoms with van der Waals surface area (Å²) in [6, 6.07) is 36.5. The third kappa shape index (κ3) is 5.62. The summed E-state index contributed by atoms with van der Waals surface area (Å²) in [6.45, 7) is 2.26. The quantitative estimate of drug-likeness (QED) is 0.142. The Balaban J connectivity index is 1.31. The van der Waals surface area contributed by atoms with E-state index in [1.807, 2.05) is 0 Å². The molecule has 40 heavy (non-hydrogen) atoms. The van der Waals surface area contributed by atoms with Crippen LogP contribution in [0.5, 0.6) is 0 Å². The van der Waals surface area contributed by atoms with Gasteiger partial charge in [-0.25, -0.2) is 0 Å². The van der Waals surface area contributed by atoms with Crippen LogP contribution in [0.15, 0.2) is 107 Å². The van der Waals surface area contributed by atoms with Crippen molar-refractivity contribution in [3.8, 4) is 21.6 Å². The molecule has 0 amide bonds. The van der Waals surface area contributed by atoms with Crippen molar-refractivity contribution in [3.05, 3.63) is 112 Å². The molecule has 2 aromatic heterocycles. The van der Waals surface area contributed by atoms with Crippen LogP contribution in [0.2, 0.25) is 0 Å². The first-order valence-electron chi connectivity index (χ1n) is 13.8. The Labute approximate surface area is 252 Å². The van der Waals surface area contributed by atoms with Gasteiger partial charge in [0.05, 0.1) is 15.5 Å². The van der Waals surface area contributed by atoms with E-state index in [0.29, 0.717) is 0 Å². The minimum absolute atomic E-state index is 0.965. The maximum atomic E-state index is 4.75. The van der Waals surface area contributed by atoms with E-state index in [-0.39, 0.29) is 0 Å². The van der Waals surface area contributed by atoms with Crippen molar-refractivity contribution in [2.45, 2.75) is 39.0 Å². The number of benzene rings is 4. The fourth-order valence-electron chi connectivity index (χ4n) is 5.14. The highest BCUT2D eigenvalue weighted by atomic mass is 79.9. The predicted octanol–water partition coefficient (Wildman–Crippen LogP) is 11.4. The summed E-state index contributed by atoms with van der Waals surface area (Å²) >= 11 is 6.91. The van der Waals surface area contributed by atoms with Gasteiger partial charge in [0, 0.05) is 33.1 Å². The zero-order valence-electron chi connectivity index (χ0n) is 22.4. The number of anilines is 3. The SMILES string of the molecule is CCCCCCc1cc(-c2ccc(-c3ccc(N(c4ccccc4)c4ccccc4)cc3)c3nsnc23)sc1Br.